The number of rotatable bonds is 6. The minimum Gasteiger partial charge on any atom is -0.480 e. The van der Waals surface area contributed by atoms with E-state index in [1.165, 1.54) is 9.80 Å². The Labute approximate surface area is 100 Å². The van der Waals surface area contributed by atoms with Crippen LogP contribution >= 0.6 is 0 Å². The summed E-state index contributed by atoms with van der Waals surface area (Å²) in [5.41, 5.74) is 0. The summed E-state index contributed by atoms with van der Waals surface area (Å²) >= 11 is 0. The highest BCUT2D eigenvalue weighted by Crippen LogP contribution is 2.09. The molecular weight excluding hydrogens is 224 g/mol. The van der Waals surface area contributed by atoms with E-state index in [-0.39, 0.29) is 24.9 Å². The van der Waals surface area contributed by atoms with Gasteiger partial charge in [-0.25, -0.2) is 0 Å². The number of carbonyl (C=O) groups excluding carboxylic acids is 2. The molecule has 0 aromatic rings. The summed E-state index contributed by atoms with van der Waals surface area (Å²) < 4.78 is 0. The van der Waals surface area contributed by atoms with Crippen LogP contribution in [0.4, 0.5) is 0 Å². The Morgan fingerprint density at radius 3 is 2.65 bits per heavy atom. The van der Waals surface area contributed by atoms with Crippen molar-refractivity contribution >= 4 is 17.8 Å². The van der Waals surface area contributed by atoms with E-state index in [0.29, 0.717) is 25.9 Å². The fourth-order valence-electron chi connectivity index (χ4n) is 1.86. The first-order valence-corrected chi connectivity index (χ1v) is 5.82. The van der Waals surface area contributed by atoms with Gasteiger partial charge in [-0.15, -0.1) is 0 Å². The molecule has 6 heteroatoms. The van der Waals surface area contributed by atoms with Crippen LogP contribution in [-0.4, -0.2) is 58.9 Å². The van der Waals surface area contributed by atoms with Crippen molar-refractivity contribution in [2.24, 2.45) is 0 Å². The monoisotopic (exact) mass is 242 g/mol. The van der Waals surface area contributed by atoms with E-state index in [9.17, 15) is 14.4 Å². The number of nitrogens with zero attached hydrogens (tertiary/aromatic N) is 2. The summed E-state index contributed by atoms with van der Waals surface area (Å²) in [7, 11) is 0. The van der Waals surface area contributed by atoms with Crippen LogP contribution in [0.25, 0.3) is 0 Å². The molecule has 96 valence electrons. The first kappa shape index (κ1) is 13.5. The van der Waals surface area contributed by atoms with E-state index in [1.54, 1.807) is 0 Å². The van der Waals surface area contributed by atoms with Gasteiger partial charge in [-0.05, 0) is 12.8 Å². The molecule has 0 saturated carbocycles. The minimum absolute atomic E-state index is 0.00606. The number of hydrogen-bond donors (Lipinski definition) is 1. The number of carboxylic acid groups (broad SMARTS) is 1. The van der Waals surface area contributed by atoms with Gasteiger partial charge in [0, 0.05) is 19.5 Å². The SMILES string of the molecule is CCCN(CC(=O)O)C(=O)CN1CCCC1=O. The van der Waals surface area contributed by atoms with Gasteiger partial charge < -0.3 is 14.9 Å². The Bertz CT molecular complexity index is 317. The molecule has 0 spiro atoms. The summed E-state index contributed by atoms with van der Waals surface area (Å²) in [6.07, 6.45) is 1.96. The van der Waals surface area contributed by atoms with E-state index < -0.39 is 5.97 Å². The summed E-state index contributed by atoms with van der Waals surface area (Å²) in [6.45, 7) is 2.59. The number of carbonyl (C=O) groups is 3. The molecule has 17 heavy (non-hydrogen) atoms. The lowest BCUT2D eigenvalue weighted by Gasteiger charge is -2.23. The van der Waals surface area contributed by atoms with Gasteiger partial charge in [0.25, 0.3) is 0 Å². The molecule has 1 N–H and O–H groups in total. The Morgan fingerprint density at radius 1 is 1.47 bits per heavy atom. The number of aliphatic carboxylic acids is 1. The highest BCUT2D eigenvalue weighted by molar-refractivity contribution is 5.87. The van der Waals surface area contributed by atoms with Gasteiger partial charge >= 0.3 is 5.97 Å². The van der Waals surface area contributed by atoms with Crippen molar-refractivity contribution in [3.63, 3.8) is 0 Å². The molecule has 0 bridgehead atoms. The van der Waals surface area contributed by atoms with Gasteiger partial charge in [-0.3, -0.25) is 14.4 Å². The third kappa shape index (κ3) is 4.05. The first-order valence-electron chi connectivity index (χ1n) is 5.82. The average Bonchev–Trinajstić information content (AvgIpc) is 2.63. The van der Waals surface area contributed by atoms with E-state index in [4.69, 9.17) is 5.11 Å². The van der Waals surface area contributed by atoms with Crippen LogP contribution in [0, 0.1) is 0 Å². The summed E-state index contributed by atoms with van der Waals surface area (Å²) in [6, 6.07) is 0. The van der Waals surface area contributed by atoms with E-state index in [1.807, 2.05) is 6.92 Å². The largest absolute Gasteiger partial charge is 0.480 e. The highest BCUT2D eigenvalue weighted by Gasteiger charge is 2.25. The zero-order valence-electron chi connectivity index (χ0n) is 10.0. The van der Waals surface area contributed by atoms with Crippen molar-refractivity contribution in [3.05, 3.63) is 0 Å². The van der Waals surface area contributed by atoms with Crippen LogP contribution < -0.4 is 0 Å². The molecule has 0 aromatic carbocycles. The van der Waals surface area contributed by atoms with Crippen LogP contribution in [0.15, 0.2) is 0 Å². The Hall–Kier alpha value is -1.59. The highest BCUT2D eigenvalue weighted by atomic mass is 16.4. The topological polar surface area (TPSA) is 77.9 Å². The molecule has 0 radical (unpaired) electrons. The molecule has 2 amide bonds. The second kappa shape index (κ2) is 6.22. The fraction of sp³-hybridized carbons (Fsp3) is 0.727. The Balaban J connectivity index is 2.51. The average molecular weight is 242 g/mol. The van der Waals surface area contributed by atoms with Crippen LogP contribution in [0.2, 0.25) is 0 Å². The van der Waals surface area contributed by atoms with E-state index >= 15 is 0 Å². The van der Waals surface area contributed by atoms with Crippen LogP contribution in [-0.2, 0) is 14.4 Å². The zero-order chi connectivity index (χ0) is 12.8. The molecule has 6 nitrogen and oxygen atoms in total. The second-order valence-electron chi connectivity index (χ2n) is 4.13. The van der Waals surface area contributed by atoms with Gasteiger partial charge in [-0.1, -0.05) is 6.92 Å². The predicted octanol–water partition coefficient (Wildman–Crippen LogP) is -0.0680. The molecule has 1 saturated heterocycles. The molecule has 1 heterocycles. The summed E-state index contributed by atoms with van der Waals surface area (Å²) in [5.74, 6) is -1.34. The van der Waals surface area contributed by atoms with Crippen molar-refractivity contribution in [1.29, 1.82) is 0 Å². The maximum Gasteiger partial charge on any atom is 0.323 e. The molecular formula is C11H18N2O4. The fourth-order valence-corrected chi connectivity index (χ4v) is 1.86. The van der Waals surface area contributed by atoms with Gasteiger partial charge in [-0.2, -0.15) is 0 Å². The van der Waals surface area contributed by atoms with Crippen molar-refractivity contribution in [2.45, 2.75) is 26.2 Å². The molecule has 1 fully saturated rings. The number of amides is 2. The van der Waals surface area contributed by atoms with Gasteiger partial charge in [0.05, 0.1) is 6.54 Å². The third-order valence-electron chi connectivity index (χ3n) is 2.67. The van der Waals surface area contributed by atoms with Crippen molar-refractivity contribution in [3.8, 4) is 0 Å². The van der Waals surface area contributed by atoms with Crippen molar-refractivity contribution in [1.82, 2.24) is 9.80 Å². The standard InChI is InChI=1S/C11H18N2O4/c1-2-5-12(8-11(16)17)10(15)7-13-6-3-4-9(13)14/h2-8H2,1H3,(H,16,17). The Morgan fingerprint density at radius 2 is 2.18 bits per heavy atom. The van der Waals surface area contributed by atoms with Crippen molar-refractivity contribution in [2.75, 3.05) is 26.2 Å². The zero-order valence-corrected chi connectivity index (χ0v) is 10.0. The number of hydrogen-bond acceptors (Lipinski definition) is 3. The van der Waals surface area contributed by atoms with E-state index in [0.717, 1.165) is 6.42 Å². The van der Waals surface area contributed by atoms with E-state index in [2.05, 4.69) is 0 Å². The normalized spacial score (nSPS) is 15.1. The lowest BCUT2D eigenvalue weighted by Crippen LogP contribution is -2.43. The lowest BCUT2D eigenvalue weighted by molar-refractivity contribution is -0.145. The number of likely N-dealkylation sites (tertiary alicyclic amines) is 1. The maximum atomic E-state index is 11.8. The third-order valence-corrected chi connectivity index (χ3v) is 2.67. The quantitative estimate of drug-likeness (QED) is 0.707. The first-order chi connectivity index (χ1) is 8.04. The molecule has 1 rings (SSSR count). The van der Waals surface area contributed by atoms with Gasteiger partial charge in [0.2, 0.25) is 11.8 Å². The molecule has 1 aliphatic heterocycles. The van der Waals surface area contributed by atoms with Crippen LogP contribution in [0.5, 0.6) is 0 Å². The van der Waals surface area contributed by atoms with Crippen LogP contribution in [0.1, 0.15) is 26.2 Å². The van der Waals surface area contributed by atoms with Gasteiger partial charge in [0.15, 0.2) is 0 Å². The molecule has 1 aliphatic rings. The van der Waals surface area contributed by atoms with Crippen molar-refractivity contribution < 1.29 is 19.5 Å². The lowest BCUT2D eigenvalue weighted by atomic mass is 10.3. The smallest absolute Gasteiger partial charge is 0.323 e. The number of carboxylic acids is 1. The maximum absolute atomic E-state index is 11.8. The molecule has 0 unspecified atom stereocenters. The Kier molecular flexibility index (Phi) is 4.93. The predicted molar refractivity (Wildman–Crippen MR) is 60.3 cm³/mol. The summed E-state index contributed by atoms with van der Waals surface area (Å²) in [4.78, 5) is 36.6. The molecule has 0 atom stereocenters. The molecule has 0 aromatic heterocycles. The minimum atomic E-state index is -1.03. The molecule has 0 aliphatic carbocycles. The van der Waals surface area contributed by atoms with Crippen LogP contribution in [0.3, 0.4) is 0 Å². The second-order valence-corrected chi connectivity index (χ2v) is 4.13. The van der Waals surface area contributed by atoms with Gasteiger partial charge in [0.1, 0.15) is 6.54 Å². The summed E-state index contributed by atoms with van der Waals surface area (Å²) in [5, 5.41) is 8.70.